The lowest BCUT2D eigenvalue weighted by Gasteiger charge is -2.32. The lowest BCUT2D eigenvalue weighted by Crippen LogP contribution is -2.33. The first-order valence-corrected chi connectivity index (χ1v) is 9.85. The second-order valence-electron chi connectivity index (χ2n) is 6.22. The predicted molar refractivity (Wildman–Crippen MR) is 111 cm³/mol. The molecule has 28 heavy (non-hydrogen) atoms. The maximum absolute atomic E-state index is 14.6. The third-order valence-electron chi connectivity index (χ3n) is 4.52. The van der Waals surface area contributed by atoms with Crippen molar-refractivity contribution in [2.24, 2.45) is 4.99 Å². The summed E-state index contributed by atoms with van der Waals surface area (Å²) in [6.07, 6.45) is 1.73. The Kier molecular flexibility index (Phi) is 4.95. The van der Waals surface area contributed by atoms with Gasteiger partial charge >= 0.3 is 5.97 Å². The van der Waals surface area contributed by atoms with E-state index in [1.807, 2.05) is 0 Å². The van der Waals surface area contributed by atoms with Crippen LogP contribution in [0.1, 0.15) is 24.1 Å². The molecule has 0 saturated carbocycles. The van der Waals surface area contributed by atoms with Gasteiger partial charge in [0, 0.05) is 22.2 Å². The molecule has 2 aliphatic heterocycles. The average molecular weight is 435 g/mol. The molecule has 1 atom stereocenters. The van der Waals surface area contributed by atoms with E-state index in [1.54, 1.807) is 54.4 Å². The second kappa shape index (κ2) is 7.28. The van der Waals surface area contributed by atoms with Crippen molar-refractivity contribution in [2.75, 3.05) is 0 Å². The molecule has 0 radical (unpaired) electrons. The van der Waals surface area contributed by atoms with Gasteiger partial charge in [-0.3, -0.25) is 0 Å². The third kappa shape index (κ3) is 3.11. The van der Waals surface area contributed by atoms with E-state index in [-0.39, 0.29) is 11.1 Å². The predicted octanol–water partition coefficient (Wildman–Crippen LogP) is 5.95. The second-order valence-corrected chi connectivity index (χ2v) is 8.05. The first-order chi connectivity index (χ1) is 13.4. The number of carbonyl (C=O) groups is 1. The highest BCUT2D eigenvalue weighted by Crippen LogP contribution is 2.49. The summed E-state index contributed by atoms with van der Waals surface area (Å²) in [5.74, 6) is -1.63. The number of aliphatic carboxylic acids is 1. The number of carboxylic acids is 1. The lowest BCUT2D eigenvalue weighted by atomic mass is 9.94. The van der Waals surface area contributed by atoms with E-state index >= 15 is 0 Å². The number of hydrogen-bond acceptors (Lipinski definition) is 4. The minimum Gasteiger partial charge on any atom is -0.478 e. The van der Waals surface area contributed by atoms with Gasteiger partial charge in [0.15, 0.2) is 5.17 Å². The lowest BCUT2D eigenvalue weighted by molar-refractivity contribution is -0.133. The molecule has 0 saturated heterocycles. The molecule has 0 aromatic heterocycles. The Balaban J connectivity index is 1.89. The monoisotopic (exact) mass is 434 g/mol. The number of aliphatic imine (C=N–C) groups is 1. The van der Waals surface area contributed by atoms with Crippen LogP contribution >= 0.6 is 35.0 Å². The molecular formula is C20H13Cl2FN2O2S. The summed E-state index contributed by atoms with van der Waals surface area (Å²) in [7, 11) is 0. The minimum absolute atomic E-state index is 0.0252. The van der Waals surface area contributed by atoms with Gasteiger partial charge in [0.2, 0.25) is 0 Å². The Hall–Kier alpha value is -2.28. The Morgan fingerprint density at radius 2 is 1.86 bits per heavy atom. The molecule has 4 rings (SSSR count). The fourth-order valence-corrected chi connectivity index (χ4v) is 5.13. The molecule has 0 spiro atoms. The minimum atomic E-state index is -1.14. The van der Waals surface area contributed by atoms with Crippen LogP contribution in [0.25, 0.3) is 4.91 Å². The maximum atomic E-state index is 14.6. The van der Waals surface area contributed by atoms with Crippen LogP contribution in [0.2, 0.25) is 10.0 Å². The highest BCUT2D eigenvalue weighted by Gasteiger charge is 2.40. The third-order valence-corrected chi connectivity index (χ3v) is 6.17. The van der Waals surface area contributed by atoms with Crippen molar-refractivity contribution >= 4 is 51.0 Å². The van der Waals surface area contributed by atoms with Gasteiger partial charge in [-0.2, -0.15) is 0 Å². The Bertz CT molecular complexity index is 1080. The summed E-state index contributed by atoms with van der Waals surface area (Å²) in [4.78, 5) is 18.8. The van der Waals surface area contributed by atoms with Crippen molar-refractivity contribution in [3.63, 3.8) is 0 Å². The zero-order chi connectivity index (χ0) is 20.0. The fourth-order valence-electron chi connectivity index (χ4n) is 3.29. The topological polar surface area (TPSA) is 52.9 Å². The van der Waals surface area contributed by atoms with Crippen LogP contribution in [0.5, 0.6) is 0 Å². The van der Waals surface area contributed by atoms with Crippen LogP contribution in [0.15, 0.2) is 64.9 Å². The molecule has 0 bridgehead atoms. The van der Waals surface area contributed by atoms with E-state index in [2.05, 4.69) is 4.99 Å². The summed E-state index contributed by atoms with van der Waals surface area (Å²) in [5, 5.41) is 11.3. The smallest absolute Gasteiger partial charge is 0.335 e. The van der Waals surface area contributed by atoms with E-state index in [1.165, 1.54) is 17.8 Å². The van der Waals surface area contributed by atoms with E-state index in [0.717, 1.165) is 4.91 Å². The van der Waals surface area contributed by atoms with Gasteiger partial charge in [0.1, 0.15) is 5.82 Å². The molecule has 2 aromatic carbocycles. The molecule has 142 valence electrons. The molecule has 8 heteroatoms. The number of amidine groups is 1. The number of halogens is 3. The molecule has 0 fully saturated rings. The molecular weight excluding hydrogens is 422 g/mol. The van der Waals surface area contributed by atoms with Crippen LogP contribution in [-0.2, 0) is 4.79 Å². The molecule has 0 amide bonds. The summed E-state index contributed by atoms with van der Waals surface area (Å²) in [6, 6.07) is 10.5. The zero-order valence-electron chi connectivity index (χ0n) is 14.5. The van der Waals surface area contributed by atoms with Crippen LogP contribution < -0.4 is 0 Å². The van der Waals surface area contributed by atoms with Crippen molar-refractivity contribution < 1.29 is 14.3 Å². The van der Waals surface area contributed by atoms with Crippen LogP contribution in [0, 0.1) is 5.82 Å². The Labute approximate surface area is 175 Å². The Morgan fingerprint density at radius 1 is 1.18 bits per heavy atom. The fraction of sp³-hybridized carbons (Fsp3) is 0.100. The highest BCUT2D eigenvalue weighted by molar-refractivity contribution is 8.22. The van der Waals surface area contributed by atoms with Crippen molar-refractivity contribution in [1.82, 2.24) is 4.90 Å². The van der Waals surface area contributed by atoms with Gasteiger partial charge in [-0.1, -0.05) is 47.5 Å². The quantitative estimate of drug-likeness (QED) is 0.648. The molecule has 4 nitrogen and oxygen atoms in total. The van der Waals surface area contributed by atoms with E-state index in [9.17, 15) is 14.3 Å². The zero-order valence-corrected chi connectivity index (χ0v) is 16.8. The van der Waals surface area contributed by atoms with Gasteiger partial charge in [-0.15, -0.1) is 0 Å². The van der Waals surface area contributed by atoms with Gasteiger partial charge in [-0.25, -0.2) is 14.2 Å². The molecule has 2 aliphatic rings. The SMILES string of the molecule is CC1=C(C(=O)O)[C@@H](c2ccccc2F)N2C=C(c3c(Cl)cccc3Cl)SC2=N1. The van der Waals surface area contributed by atoms with Gasteiger partial charge in [-0.05, 0) is 36.9 Å². The number of benzene rings is 2. The van der Waals surface area contributed by atoms with Crippen LogP contribution in [0.3, 0.4) is 0 Å². The van der Waals surface area contributed by atoms with E-state index in [4.69, 9.17) is 23.2 Å². The van der Waals surface area contributed by atoms with Gasteiger partial charge in [0.25, 0.3) is 0 Å². The van der Waals surface area contributed by atoms with Crippen LogP contribution in [0.4, 0.5) is 4.39 Å². The first-order valence-electron chi connectivity index (χ1n) is 8.28. The highest BCUT2D eigenvalue weighted by atomic mass is 35.5. The first kappa shape index (κ1) is 19.1. The van der Waals surface area contributed by atoms with Gasteiger partial charge in [0.05, 0.1) is 27.4 Å². The summed E-state index contributed by atoms with van der Waals surface area (Å²) in [5.41, 5.74) is 1.25. The standard InChI is InChI=1S/C20H13Cl2FN2O2S/c1-10-16(19(26)27)18(11-5-2-3-8-14(11)23)25-9-15(28-20(25)24-10)17-12(21)6-4-7-13(17)22/h2-9,18H,1H3,(H,26,27)/t18-/m1/s1. The number of nitrogens with zero attached hydrogens (tertiary/aromatic N) is 2. The summed E-state index contributed by atoms with van der Waals surface area (Å²) >= 11 is 14.0. The maximum Gasteiger partial charge on any atom is 0.335 e. The number of hydrogen-bond donors (Lipinski definition) is 1. The number of carboxylic acid groups (broad SMARTS) is 1. The molecule has 1 N–H and O–H groups in total. The summed E-state index contributed by atoms with van der Waals surface area (Å²) in [6.45, 7) is 1.61. The van der Waals surface area contributed by atoms with Crippen molar-refractivity contribution in [1.29, 1.82) is 0 Å². The molecule has 2 heterocycles. The largest absolute Gasteiger partial charge is 0.478 e. The van der Waals surface area contributed by atoms with Crippen molar-refractivity contribution in [3.05, 3.63) is 86.9 Å². The molecule has 0 unspecified atom stereocenters. The summed E-state index contributed by atoms with van der Waals surface area (Å²) < 4.78 is 14.6. The van der Waals surface area contributed by atoms with Gasteiger partial charge < -0.3 is 10.0 Å². The number of fused-ring (bicyclic) bond motifs is 1. The van der Waals surface area contributed by atoms with E-state index < -0.39 is 17.8 Å². The number of thioether (sulfide) groups is 1. The normalized spacial score (nSPS) is 18.7. The molecule has 0 aliphatic carbocycles. The Morgan fingerprint density at radius 3 is 2.50 bits per heavy atom. The van der Waals surface area contributed by atoms with Crippen molar-refractivity contribution in [2.45, 2.75) is 13.0 Å². The number of allylic oxidation sites excluding steroid dienone is 1. The molecule has 2 aromatic rings. The van der Waals surface area contributed by atoms with E-state index in [0.29, 0.717) is 26.5 Å². The average Bonchev–Trinajstić information content (AvgIpc) is 3.03. The number of rotatable bonds is 3. The van der Waals surface area contributed by atoms with Crippen molar-refractivity contribution in [3.8, 4) is 0 Å². The van der Waals surface area contributed by atoms with Crippen LogP contribution in [-0.4, -0.2) is 21.1 Å².